The van der Waals surface area contributed by atoms with Crippen molar-refractivity contribution in [2.75, 3.05) is 6.79 Å². The van der Waals surface area contributed by atoms with Gasteiger partial charge in [-0.1, -0.05) is 54.6 Å². The average Bonchev–Trinajstić information content (AvgIpc) is 2.87. The number of benzene rings is 1. The summed E-state index contributed by atoms with van der Waals surface area (Å²) in [6.45, 7) is 0.451. The molecule has 0 aromatic heterocycles. The predicted molar refractivity (Wildman–Crippen MR) is 72.0 cm³/mol. The predicted octanol–water partition coefficient (Wildman–Crippen LogP) is 3.41. The molecule has 1 saturated heterocycles. The van der Waals surface area contributed by atoms with E-state index in [1.807, 2.05) is 6.07 Å². The van der Waals surface area contributed by atoms with Gasteiger partial charge in [0.1, 0.15) is 12.9 Å². The maximum Gasteiger partial charge on any atom is 0.148 e. The maximum atomic E-state index is 5.55. The first-order valence-corrected chi connectivity index (χ1v) is 6.55. The van der Waals surface area contributed by atoms with Gasteiger partial charge in [0.2, 0.25) is 0 Å². The van der Waals surface area contributed by atoms with Crippen molar-refractivity contribution in [3.63, 3.8) is 0 Å². The van der Waals surface area contributed by atoms with Crippen LogP contribution >= 0.6 is 0 Å². The van der Waals surface area contributed by atoms with Crippen molar-refractivity contribution in [1.29, 1.82) is 0 Å². The fourth-order valence-corrected chi connectivity index (χ4v) is 2.55. The van der Waals surface area contributed by atoms with Crippen LogP contribution in [0.4, 0.5) is 0 Å². The zero-order valence-corrected chi connectivity index (χ0v) is 10.4. The first-order valence-electron chi connectivity index (χ1n) is 6.55. The molecule has 1 heterocycles. The Bertz CT molecular complexity index is 436. The lowest BCUT2D eigenvalue weighted by Gasteiger charge is -2.23. The van der Waals surface area contributed by atoms with Crippen LogP contribution in [0.5, 0.6) is 0 Å². The molecule has 0 amide bonds. The summed E-state index contributed by atoms with van der Waals surface area (Å²) in [6.07, 6.45) is 11.5. The summed E-state index contributed by atoms with van der Waals surface area (Å²) in [7, 11) is 0. The monoisotopic (exact) mass is 242 g/mol. The van der Waals surface area contributed by atoms with Crippen molar-refractivity contribution in [3.8, 4) is 0 Å². The van der Waals surface area contributed by atoms with E-state index < -0.39 is 0 Å². The van der Waals surface area contributed by atoms with Crippen molar-refractivity contribution in [3.05, 3.63) is 54.1 Å². The van der Waals surface area contributed by atoms with E-state index in [0.717, 1.165) is 12.8 Å². The Labute approximate surface area is 108 Å². The van der Waals surface area contributed by atoms with E-state index >= 15 is 0 Å². The molecule has 1 aliphatic heterocycles. The largest absolute Gasteiger partial charge is 0.349 e. The molecule has 94 valence electrons. The highest BCUT2D eigenvalue weighted by atomic mass is 16.7. The standard InChI is InChI=1S/C16H18O2/c1-2-5-13(6-3-1)7-4-8-14-9-10-15-16(11-14)18-12-17-15/h1-7,9-10,14-16H,8,11-12H2. The molecule has 3 rings (SSSR count). The lowest BCUT2D eigenvalue weighted by molar-refractivity contribution is 0.0403. The summed E-state index contributed by atoms with van der Waals surface area (Å²) in [5.74, 6) is 0.577. The van der Waals surface area contributed by atoms with Crippen LogP contribution in [-0.2, 0) is 9.47 Å². The third-order valence-electron chi connectivity index (χ3n) is 3.57. The lowest BCUT2D eigenvalue weighted by Crippen LogP contribution is -2.26. The molecule has 2 heteroatoms. The highest BCUT2D eigenvalue weighted by Crippen LogP contribution is 2.29. The highest BCUT2D eigenvalue weighted by molar-refractivity contribution is 5.48. The molecule has 1 fully saturated rings. The van der Waals surface area contributed by atoms with Crippen LogP contribution in [-0.4, -0.2) is 19.0 Å². The number of hydrogen-bond acceptors (Lipinski definition) is 2. The van der Waals surface area contributed by atoms with Gasteiger partial charge in [-0.15, -0.1) is 0 Å². The molecule has 18 heavy (non-hydrogen) atoms. The minimum Gasteiger partial charge on any atom is -0.349 e. The van der Waals surface area contributed by atoms with Crippen LogP contribution in [0, 0.1) is 5.92 Å². The van der Waals surface area contributed by atoms with Crippen molar-refractivity contribution in [2.24, 2.45) is 5.92 Å². The molecule has 0 bridgehead atoms. The van der Waals surface area contributed by atoms with Gasteiger partial charge in [-0.2, -0.15) is 0 Å². The zero-order valence-electron chi connectivity index (χ0n) is 10.4. The second-order valence-corrected chi connectivity index (χ2v) is 4.88. The van der Waals surface area contributed by atoms with E-state index in [1.54, 1.807) is 0 Å². The van der Waals surface area contributed by atoms with E-state index in [9.17, 15) is 0 Å². The van der Waals surface area contributed by atoms with Gasteiger partial charge in [-0.25, -0.2) is 0 Å². The number of hydrogen-bond donors (Lipinski definition) is 0. The van der Waals surface area contributed by atoms with E-state index in [-0.39, 0.29) is 12.2 Å². The SMILES string of the molecule is C(=Cc1ccccc1)CC1C=CC2OCOC2C1. The third-order valence-corrected chi connectivity index (χ3v) is 3.57. The minimum absolute atomic E-state index is 0.194. The molecule has 1 aliphatic carbocycles. The van der Waals surface area contributed by atoms with Crippen LogP contribution in [0.2, 0.25) is 0 Å². The summed E-state index contributed by atoms with van der Waals surface area (Å²) in [6, 6.07) is 10.4. The van der Waals surface area contributed by atoms with E-state index in [4.69, 9.17) is 9.47 Å². The van der Waals surface area contributed by atoms with Gasteiger partial charge in [0.25, 0.3) is 0 Å². The van der Waals surface area contributed by atoms with Gasteiger partial charge >= 0.3 is 0 Å². The summed E-state index contributed by atoms with van der Waals surface area (Å²) in [4.78, 5) is 0. The Morgan fingerprint density at radius 1 is 1.11 bits per heavy atom. The van der Waals surface area contributed by atoms with Gasteiger partial charge in [0.15, 0.2) is 0 Å². The smallest absolute Gasteiger partial charge is 0.148 e. The van der Waals surface area contributed by atoms with Gasteiger partial charge in [0.05, 0.1) is 6.10 Å². The molecule has 1 aromatic carbocycles. The highest BCUT2D eigenvalue weighted by Gasteiger charge is 2.31. The Balaban J connectivity index is 1.55. The van der Waals surface area contributed by atoms with Crippen molar-refractivity contribution >= 4 is 6.08 Å². The van der Waals surface area contributed by atoms with Gasteiger partial charge in [-0.05, 0) is 24.3 Å². The van der Waals surface area contributed by atoms with Gasteiger partial charge in [-0.3, -0.25) is 0 Å². The molecule has 0 radical (unpaired) electrons. The molecular weight excluding hydrogens is 224 g/mol. The molecular formula is C16H18O2. The second-order valence-electron chi connectivity index (χ2n) is 4.88. The number of allylic oxidation sites excluding steroid dienone is 2. The normalized spacial score (nSPS) is 30.8. The average molecular weight is 242 g/mol. The van der Waals surface area contributed by atoms with Crippen molar-refractivity contribution < 1.29 is 9.47 Å². The van der Waals surface area contributed by atoms with E-state index in [0.29, 0.717) is 12.7 Å². The summed E-state index contributed by atoms with van der Waals surface area (Å²) in [5, 5.41) is 0. The molecule has 2 aliphatic rings. The Kier molecular flexibility index (Phi) is 3.58. The second kappa shape index (κ2) is 5.51. The summed E-state index contributed by atoms with van der Waals surface area (Å²) >= 11 is 0. The number of ether oxygens (including phenoxy) is 2. The quantitative estimate of drug-likeness (QED) is 0.756. The Morgan fingerprint density at radius 2 is 2.00 bits per heavy atom. The Morgan fingerprint density at radius 3 is 2.89 bits per heavy atom. The van der Waals surface area contributed by atoms with Crippen molar-refractivity contribution in [1.82, 2.24) is 0 Å². The molecule has 1 aromatic rings. The molecule has 0 saturated carbocycles. The minimum atomic E-state index is 0.194. The summed E-state index contributed by atoms with van der Waals surface area (Å²) in [5.41, 5.74) is 1.26. The first-order chi connectivity index (χ1) is 8.92. The van der Waals surface area contributed by atoms with E-state index in [2.05, 4.69) is 48.6 Å². The van der Waals surface area contributed by atoms with Crippen LogP contribution in [0.3, 0.4) is 0 Å². The van der Waals surface area contributed by atoms with Crippen LogP contribution < -0.4 is 0 Å². The maximum absolute atomic E-state index is 5.55. The Hall–Kier alpha value is -1.38. The third kappa shape index (κ3) is 2.71. The summed E-state index contributed by atoms with van der Waals surface area (Å²) < 4.78 is 11.0. The van der Waals surface area contributed by atoms with Gasteiger partial charge in [0, 0.05) is 0 Å². The number of rotatable bonds is 3. The first kappa shape index (κ1) is 11.7. The fourth-order valence-electron chi connectivity index (χ4n) is 2.55. The van der Waals surface area contributed by atoms with Gasteiger partial charge < -0.3 is 9.47 Å². The fraction of sp³-hybridized carbons (Fsp3) is 0.375. The van der Waals surface area contributed by atoms with Crippen LogP contribution in [0.25, 0.3) is 6.08 Å². The molecule has 0 spiro atoms. The van der Waals surface area contributed by atoms with Crippen LogP contribution in [0.15, 0.2) is 48.6 Å². The topological polar surface area (TPSA) is 18.5 Å². The molecule has 3 atom stereocenters. The molecule has 0 N–H and O–H groups in total. The molecule has 3 unspecified atom stereocenters. The lowest BCUT2D eigenvalue weighted by atomic mass is 9.89. The number of fused-ring (bicyclic) bond motifs is 1. The zero-order chi connectivity index (χ0) is 12.2. The van der Waals surface area contributed by atoms with Crippen LogP contribution in [0.1, 0.15) is 18.4 Å². The van der Waals surface area contributed by atoms with E-state index in [1.165, 1.54) is 5.56 Å². The molecule has 2 nitrogen and oxygen atoms in total. The van der Waals surface area contributed by atoms with Crippen molar-refractivity contribution in [2.45, 2.75) is 25.0 Å².